The van der Waals surface area contributed by atoms with Crippen LogP contribution in [-0.2, 0) is 22.5 Å². The summed E-state index contributed by atoms with van der Waals surface area (Å²) in [5.41, 5.74) is 0.260. The van der Waals surface area contributed by atoms with Gasteiger partial charge in [0.25, 0.3) is 5.78 Å². The van der Waals surface area contributed by atoms with E-state index in [2.05, 4.69) is 46.2 Å². The van der Waals surface area contributed by atoms with Crippen molar-refractivity contribution in [2.45, 2.75) is 83.7 Å². The second-order valence-corrected chi connectivity index (χ2v) is 22.8. The lowest BCUT2D eigenvalue weighted by atomic mass is 10.1. The highest BCUT2D eigenvalue weighted by atomic mass is 28.5. The molecule has 0 saturated carbocycles. The lowest BCUT2D eigenvalue weighted by Crippen LogP contribution is -2.52. The first-order valence-corrected chi connectivity index (χ1v) is 21.2. The molecule has 1 aromatic carbocycles. The highest BCUT2D eigenvalue weighted by molar-refractivity contribution is 6.87. The number of aliphatic hydroxyl groups excluding tert-OH is 1. The number of ether oxygens (including phenoxy) is 2. The highest BCUT2D eigenvalue weighted by Crippen LogP contribution is 2.26. The standard InChI is InChI=1S/C24H44O7Si3/c1-8-9-17-32(2,3)30-34(6,7)31-33(4,5)18-13-16-28-19-22(25)20-29-24(27)23(26)21-14-11-10-12-15-21/h10-12,14-15,22,25H,8-9,13,16-20H2,1-7H3. The summed E-state index contributed by atoms with van der Waals surface area (Å²) >= 11 is 0. The van der Waals surface area contributed by atoms with E-state index < -0.39 is 43.1 Å². The molecule has 0 heterocycles. The molecule has 1 aromatic rings. The molecule has 0 aliphatic rings. The van der Waals surface area contributed by atoms with Crippen LogP contribution >= 0.6 is 0 Å². The van der Waals surface area contributed by atoms with Crippen LogP contribution in [0.5, 0.6) is 0 Å². The molecule has 1 unspecified atom stereocenters. The van der Waals surface area contributed by atoms with E-state index in [4.69, 9.17) is 17.7 Å². The number of carbonyl (C=O) groups is 2. The van der Waals surface area contributed by atoms with Gasteiger partial charge in [-0.25, -0.2) is 4.79 Å². The number of rotatable bonds is 17. The first kappa shape index (κ1) is 30.9. The van der Waals surface area contributed by atoms with Gasteiger partial charge >= 0.3 is 14.5 Å². The summed E-state index contributed by atoms with van der Waals surface area (Å²) < 4.78 is 23.6. The van der Waals surface area contributed by atoms with E-state index in [0.29, 0.717) is 6.61 Å². The molecule has 0 aliphatic heterocycles. The first-order chi connectivity index (χ1) is 15.8. The van der Waals surface area contributed by atoms with Crippen molar-refractivity contribution in [2.24, 2.45) is 0 Å². The van der Waals surface area contributed by atoms with E-state index >= 15 is 0 Å². The van der Waals surface area contributed by atoms with Crippen molar-refractivity contribution in [3.63, 3.8) is 0 Å². The van der Waals surface area contributed by atoms with Gasteiger partial charge in [-0.05, 0) is 57.8 Å². The van der Waals surface area contributed by atoms with Crippen LogP contribution in [0.25, 0.3) is 0 Å². The second kappa shape index (κ2) is 14.4. The fourth-order valence-corrected chi connectivity index (χ4v) is 18.1. The molecule has 1 N–H and O–H groups in total. The molecule has 0 spiro atoms. The fourth-order valence-electron chi connectivity index (χ4n) is 3.87. The Bertz CT molecular complexity index is 754. The van der Waals surface area contributed by atoms with Crippen molar-refractivity contribution in [3.8, 4) is 0 Å². The third kappa shape index (κ3) is 13.1. The number of benzene rings is 1. The van der Waals surface area contributed by atoms with Gasteiger partial charge in [0.2, 0.25) is 0 Å². The number of esters is 1. The molecule has 0 aromatic heterocycles. The van der Waals surface area contributed by atoms with Gasteiger partial charge in [0.1, 0.15) is 12.7 Å². The SMILES string of the molecule is CCCC[Si](C)(C)O[Si](C)(C)O[Si](C)(C)CCCOCC(O)COC(=O)C(=O)c1ccccc1. The first-order valence-electron chi connectivity index (χ1n) is 12.2. The summed E-state index contributed by atoms with van der Waals surface area (Å²) in [5.74, 6) is -1.71. The molecule has 34 heavy (non-hydrogen) atoms. The molecule has 10 heteroatoms. The van der Waals surface area contributed by atoms with E-state index in [1.165, 1.54) is 12.8 Å². The van der Waals surface area contributed by atoms with Crippen LogP contribution in [0.15, 0.2) is 30.3 Å². The zero-order chi connectivity index (χ0) is 25.8. The fraction of sp³-hybridized carbons (Fsp3) is 0.667. The molecule has 0 amide bonds. The van der Waals surface area contributed by atoms with Crippen molar-refractivity contribution in [3.05, 3.63) is 35.9 Å². The lowest BCUT2D eigenvalue weighted by molar-refractivity contribution is -0.142. The second-order valence-electron chi connectivity index (χ2n) is 10.4. The molecule has 7 nitrogen and oxygen atoms in total. The molecule has 0 bridgehead atoms. The van der Waals surface area contributed by atoms with Gasteiger partial charge in [-0.3, -0.25) is 4.79 Å². The van der Waals surface area contributed by atoms with Crippen molar-refractivity contribution in [2.75, 3.05) is 19.8 Å². The summed E-state index contributed by atoms with van der Waals surface area (Å²) in [5, 5.41) is 10.00. The third-order valence-electron chi connectivity index (χ3n) is 5.18. The Labute approximate surface area is 208 Å². The Balaban J connectivity index is 2.28. The molecule has 0 saturated heterocycles. The molecule has 1 rings (SSSR count). The molecule has 0 aliphatic carbocycles. The quantitative estimate of drug-likeness (QED) is 0.0986. The maximum Gasteiger partial charge on any atom is 0.379 e. The predicted octanol–water partition coefficient (Wildman–Crippen LogP) is 5.13. The van der Waals surface area contributed by atoms with Crippen molar-refractivity contribution >= 4 is 36.9 Å². The number of ketones is 1. The average molecular weight is 529 g/mol. The number of Topliss-reactive ketones (excluding diaryl/α,β-unsaturated/α-hetero) is 1. The largest absolute Gasteiger partial charge is 0.457 e. The van der Waals surface area contributed by atoms with Gasteiger partial charge in [-0.2, -0.15) is 0 Å². The van der Waals surface area contributed by atoms with Crippen LogP contribution < -0.4 is 0 Å². The number of carbonyl (C=O) groups excluding carboxylic acids is 2. The third-order valence-corrected chi connectivity index (χ3v) is 16.7. The zero-order valence-electron chi connectivity index (χ0n) is 22.0. The van der Waals surface area contributed by atoms with E-state index in [0.717, 1.165) is 18.5 Å². The van der Waals surface area contributed by atoms with Gasteiger partial charge in [-0.1, -0.05) is 50.1 Å². The van der Waals surface area contributed by atoms with Crippen molar-refractivity contribution < 1.29 is 32.4 Å². The van der Waals surface area contributed by atoms with Gasteiger partial charge < -0.3 is 22.8 Å². The smallest absolute Gasteiger partial charge is 0.379 e. The van der Waals surface area contributed by atoms with Crippen LogP contribution in [-0.4, -0.2) is 68.0 Å². The van der Waals surface area contributed by atoms with E-state index in [1.807, 2.05) is 0 Å². The molecule has 0 fully saturated rings. The van der Waals surface area contributed by atoms with Crippen LogP contribution in [0.1, 0.15) is 36.5 Å². The summed E-state index contributed by atoms with van der Waals surface area (Å²) in [6, 6.07) is 10.3. The van der Waals surface area contributed by atoms with E-state index in [9.17, 15) is 14.7 Å². The topological polar surface area (TPSA) is 91.3 Å². The molecule has 1 atom stereocenters. The Kier molecular flexibility index (Phi) is 13.1. The summed E-state index contributed by atoms with van der Waals surface area (Å²) in [7, 11) is -5.82. The number of hydrogen-bond donors (Lipinski definition) is 1. The Morgan fingerprint density at radius 3 is 2.00 bits per heavy atom. The molecular weight excluding hydrogens is 485 g/mol. The van der Waals surface area contributed by atoms with Gasteiger partial charge in [0, 0.05) is 12.2 Å². The minimum absolute atomic E-state index is 0.0379. The number of aliphatic hydroxyl groups is 1. The maximum atomic E-state index is 12.0. The van der Waals surface area contributed by atoms with Gasteiger partial charge in [-0.15, -0.1) is 0 Å². The summed E-state index contributed by atoms with van der Waals surface area (Å²) in [6.07, 6.45) is 2.23. The minimum Gasteiger partial charge on any atom is -0.457 e. The van der Waals surface area contributed by atoms with Gasteiger partial charge in [0.15, 0.2) is 16.6 Å². The lowest BCUT2D eigenvalue weighted by Gasteiger charge is -2.38. The van der Waals surface area contributed by atoms with E-state index in [1.54, 1.807) is 30.3 Å². The van der Waals surface area contributed by atoms with E-state index in [-0.39, 0.29) is 18.8 Å². The molecular formula is C24H44O7Si3. The number of hydrogen-bond acceptors (Lipinski definition) is 7. The summed E-state index contributed by atoms with van der Waals surface area (Å²) in [6.45, 7) is 15.7. The van der Waals surface area contributed by atoms with Crippen molar-refractivity contribution in [1.82, 2.24) is 0 Å². The molecule has 194 valence electrons. The molecule has 0 radical (unpaired) electrons. The van der Waals surface area contributed by atoms with Crippen LogP contribution in [0.4, 0.5) is 0 Å². The van der Waals surface area contributed by atoms with Crippen molar-refractivity contribution in [1.29, 1.82) is 0 Å². The highest BCUT2D eigenvalue weighted by Gasteiger charge is 2.39. The minimum atomic E-state index is -2.20. The van der Waals surface area contributed by atoms with Gasteiger partial charge in [0.05, 0.1) is 6.61 Å². The summed E-state index contributed by atoms with van der Waals surface area (Å²) in [4.78, 5) is 23.8. The zero-order valence-corrected chi connectivity index (χ0v) is 25.0. The predicted molar refractivity (Wildman–Crippen MR) is 142 cm³/mol. The van der Waals surface area contributed by atoms with Crippen LogP contribution in [0, 0.1) is 0 Å². The Morgan fingerprint density at radius 2 is 1.44 bits per heavy atom. The Morgan fingerprint density at radius 1 is 0.882 bits per heavy atom. The van der Waals surface area contributed by atoms with Crippen LogP contribution in [0.2, 0.25) is 51.4 Å². The Hall–Kier alpha value is -1.15. The maximum absolute atomic E-state index is 12.0. The average Bonchev–Trinajstić information content (AvgIpc) is 2.74. The monoisotopic (exact) mass is 528 g/mol. The number of unbranched alkanes of at least 4 members (excludes halogenated alkanes) is 1. The van der Waals surface area contributed by atoms with Crippen LogP contribution in [0.3, 0.4) is 0 Å². The normalized spacial score (nSPS) is 13.5.